The summed E-state index contributed by atoms with van der Waals surface area (Å²) in [4.78, 5) is 26.7. The Kier molecular flexibility index (Phi) is 14.4. The van der Waals surface area contributed by atoms with E-state index in [2.05, 4.69) is 68.8 Å². The number of amides is 2. The predicted octanol–water partition coefficient (Wildman–Crippen LogP) is 7.49. The molecule has 2 N–H and O–H groups in total. The van der Waals surface area contributed by atoms with E-state index in [-0.39, 0.29) is 11.8 Å². The van der Waals surface area contributed by atoms with Crippen molar-refractivity contribution in [3.05, 3.63) is 66.1 Å². The van der Waals surface area contributed by atoms with E-state index in [1.165, 1.54) is 44.8 Å². The fourth-order valence-electron chi connectivity index (χ4n) is 6.21. The maximum atomic E-state index is 11.2. The summed E-state index contributed by atoms with van der Waals surface area (Å²) in [5.41, 5.74) is 5.62. The van der Waals surface area contributed by atoms with Crippen molar-refractivity contribution >= 4 is 54.7 Å². The number of aromatic amines is 1. The predicted molar refractivity (Wildman–Crippen MR) is 197 cm³/mol. The zero-order valence-corrected chi connectivity index (χ0v) is 30.0. The molecule has 5 rings (SSSR count). The number of allylic oxidation sites excluding steroid dienone is 2. The van der Waals surface area contributed by atoms with E-state index >= 15 is 0 Å². The Morgan fingerprint density at radius 1 is 1.16 bits per heavy atom. The third kappa shape index (κ3) is 11.1. The molecule has 45 heavy (non-hydrogen) atoms. The molecule has 2 aliphatic heterocycles. The molecule has 0 radical (unpaired) electrons. The van der Waals surface area contributed by atoms with Crippen molar-refractivity contribution in [1.29, 1.82) is 0 Å². The number of nitrogens with one attached hydrogen (secondary N) is 2. The topological polar surface area (TPSA) is 81.3 Å². The molecule has 2 amide bonds. The van der Waals surface area contributed by atoms with Crippen molar-refractivity contribution in [3.8, 4) is 11.3 Å². The second-order valence-corrected chi connectivity index (χ2v) is 13.9. The van der Waals surface area contributed by atoms with Gasteiger partial charge >= 0.3 is 0 Å². The molecule has 2 saturated heterocycles. The molecular weight excluding hydrogens is 597 g/mol. The molecular formula is C36H52N5O2PS. The number of aromatic nitrogens is 2. The Morgan fingerprint density at radius 3 is 2.38 bits per heavy atom. The smallest absolute Gasteiger partial charge is 0.221 e. The third-order valence-corrected chi connectivity index (χ3v) is 9.46. The van der Waals surface area contributed by atoms with Gasteiger partial charge in [0.25, 0.3) is 0 Å². The summed E-state index contributed by atoms with van der Waals surface area (Å²) in [6.07, 6.45) is 10.3. The summed E-state index contributed by atoms with van der Waals surface area (Å²) < 4.78 is 0. The maximum Gasteiger partial charge on any atom is 0.221 e. The number of hydrogen-bond acceptors (Lipinski definition) is 5. The van der Waals surface area contributed by atoms with Crippen molar-refractivity contribution in [2.45, 2.75) is 59.8 Å². The highest BCUT2D eigenvalue weighted by atomic mass is 32.2. The first kappa shape index (κ1) is 36.5. The highest BCUT2D eigenvalue weighted by Gasteiger charge is 2.30. The Morgan fingerprint density at radius 2 is 1.84 bits per heavy atom. The summed E-state index contributed by atoms with van der Waals surface area (Å²) in [5, 5.41) is 14.5. The van der Waals surface area contributed by atoms with Crippen LogP contribution in [0.5, 0.6) is 0 Å². The Balaban J connectivity index is 0.000000196. The number of carbonyl (C=O) groups is 2. The van der Waals surface area contributed by atoms with E-state index in [9.17, 15) is 9.59 Å². The van der Waals surface area contributed by atoms with Gasteiger partial charge in [-0.05, 0) is 91.3 Å². The minimum absolute atomic E-state index is 0.0817. The number of anilines is 1. The van der Waals surface area contributed by atoms with E-state index in [1.807, 2.05) is 53.4 Å². The van der Waals surface area contributed by atoms with Gasteiger partial charge in [-0.1, -0.05) is 57.2 Å². The van der Waals surface area contributed by atoms with Gasteiger partial charge in [0.05, 0.1) is 11.2 Å². The number of thioether (sulfide) groups is 1. The lowest BCUT2D eigenvalue weighted by atomic mass is 9.85. The van der Waals surface area contributed by atoms with Gasteiger partial charge < -0.3 is 15.1 Å². The summed E-state index contributed by atoms with van der Waals surface area (Å²) in [5.74, 6) is 0.703. The number of piperidine rings is 1. The second-order valence-electron chi connectivity index (χ2n) is 12.5. The molecule has 3 heterocycles. The summed E-state index contributed by atoms with van der Waals surface area (Å²) in [6, 6.07) is 13.8. The average Bonchev–Trinajstić information content (AvgIpc) is 3.59. The van der Waals surface area contributed by atoms with E-state index in [0.29, 0.717) is 11.3 Å². The van der Waals surface area contributed by atoms with Gasteiger partial charge in [-0.2, -0.15) is 5.10 Å². The maximum absolute atomic E-state index is 11.2. The van der Waals surface area contributed by atoms with Gasteiger partial charge in [0, 0.05) is 50.1 Å². The van der Waals surface area contributed by atoms with Crippen LogP contribution >= 0.6 is 21.0 Å². The Hall–Kier alpha value is -2.93. The summed E-state index contributed by atoms with van der Waals surface area (Å²) >= 11 is 1.72. The lowest BCUT2D eigenvalue weighted by Gasteiger charge is -2.31. The zero-order valence-electron chi connectivity index (χ0n) is 28.0. The van der Waals surface area contributed by atoms with E-state index in [0.717, 1.165) is 59.1 Å². The highest BCUT2D eigenvalue weighted by molar-refractivity contribution is 8.01. The van der Waals surface area contributed by atoms with Crippen LogP contribution in [0.3, 0.4) is 0 Å². The number of rotatable bonds is 7. The minimum atomic E-state index is -0.0817. The average molecular weight is 650 g/mol. The molecule has 0 saturated carbocycles. The fourth-order valence-corrected chi connectivity index (χ4v) is 6.96. The van der Waals surface area contributed by atoms with Gasteiger partial charge in [0.2, 0.25) is 11.8 Å². The largest absolute Gasteiger partial charge is 0.343 e. The molecule has 7 nitrogen and oxygen atoms in total. The molecule has 1 aromatic heterocycles. The molecule has 244 valence electrons. The molecule has 0 bridgehead atoms. The van der Waals surface area contributed by atoms with Crippen molar-refractivity contribution in [1.82, 2.24) is 20.0 Å². The number of carbonyl (C=O) groups excluding carboxylic acids is 2. The molecule has 2 aliphatic rings. The molecule has 9 heteroatoms. The zero-order chi connectivity index (χ0) is 33.0. The van der Waals surface area contributed by atoms with Crippen LogP contribution in [0.25, 0.3) is 22.2 Å². The number of benzene rings is 2. The van der Waals surface area contributed by atoms with Crippen molar-refractivity contribution < 1.29 is 9.59 Å². The van der Waals surface area contributed by atoms with Gasteiger partial charge in [-0.25, -0.2) is 0 Å². The summed E-state index contributed by atoms with van der Waals surface area (Å²) in [6.45, 7) is 16.1. The van der Waals surface area contributed by atoms with Crippen molar-refractivity contribution in [2.24, 2.45) is 11.3 Å². The first-order valence-corrected chi connectivity index (χ1v) is 17.8. The van der Waals surface area contributed by atoms with Gasteiger partial charge in [0.1, 0.15) is 0 Å². The van der Waals surface area contributed by atoms with Crippen LogP contribution in [-0.2, 0) is 9.59 Å². The number of fused-ring (bicyclic) bond motifs is 1. The standard InChI is InChI=1S/C15H14N3OP.C12H19NOS.C9H19N/c1-9(19)16-11-4-7-14-13(8-11)15(18-17-14)10-2-5-12(20)6-3-10;1-4-11(9-15-3)12-5-7-13(8-6-12)10(2)14;1-4-5-9(2)6-7-10(3)8-9/h2-8H,20H2,1H3,(H,16,19)(H,17,18);4,9,12H,1,5-8H2,2-3H3;4-8H2,1-3H3/b;11-9+;. The fraction of sp³-hybridized carbons (Fsp3) is 0.472. The second kappa shape index (κ2) is 17.7. The normalized spacial score (nSPS) is 18.9. The number of nitrogens with zero attached hydrogens (tertiary/aromatic N) is 3. The lowest BCUT2D eigenvalue weighted by Crippen LogP contribution is -2.37. The first-order valence-electron chi connectivity index (χ1n) is 15.9. The number of likely N-dealkylation sites (tertiary alicyclic amines) is 2. The van der Waals surface area contributed by atoms with Crippen molar-refractivity contribution in [3.63, 3.8) is 0 Å². The van der Waals surface area contributed by atoms with Crippen LogP contribution in [0.4, 0.5) is 5.69 Å². The van der Waals surface area contributed by atoms with Gasteiger partial charge in [-0.3, -0.25) is 14.7 Å². The SMILES string of the molecule is C=C/C(=C\SC)C1CCN(C(C)=O)CC1.CC(=O)Nc1ccc2[nH]nc(-c3ccc(P)cc3)c2c1.CCCC1(C)CCN(C)C1. The van der Waals surface area contributed by atoms with Crippen LogP contribution < -0.4 is 10.6 Å². The third-order valence-electron chi connectivity index (χ3n) is 8.57. The van der Waals surface area contributed by atoms with Gasteiger partial charge in [-0.15, -0.1) is 21.0 Å². The van der Waals surface area contributed by atoms with Crippen LogP contribution in [0.1, 0.15) is 59.8 Å². The molecule has 2 fully saturated rings. The van der Waals surface area contributed by atoms with Crippen LogP contribution in [0.15, 0.2) is 66.1 Å². The first-order chi connectivity index (χ1) is 21.5. The molecule has 0 aliphatic carbocycles. The van der Waals surface area contributed by atoms with Crippen LogP contribution in [0, 0.1) is 11.3 Å². The van der Waals surface area contributed by atoms with Crippen molar-refractivity contribution in [2.75, 3.05) is 44.8 Å². The van der Waals surface area contributed by atoms with Gasteiger partial charge in [0.15, 0.2) is 0 Å². The monoisotopic (exact) mass is 649 g/mol. The molecule has 2 aromatic carbocycles. The molecule has 2 atom stereocenters. The minimum Gasteiger partial charge on any atom is -0.343 e. The van der Waals surface area contributed by atoms with E-state index < -0.39 is 0 Å². The van der Waals surface area contributed by atoms with E-state index in [4.69, 9.17) is 0 Å². The highest BCUT2D eigenvalue weighted by Crippen LogP contribution is 2.33. The number of hydrogen-bond donors (Lipinski definition) is 2. The quantitative estimate of drug-likeness (QED) is 0.205. The summed E-state index contributed by atoms with van der Waals surface area (Å²) in [7, 11) is 4.89. The van der Waals surface area contributed by atoms with Crippen LogP contribution in [-0.4, -0.2) is 71.3 Å². The Bertz CT molecular complexity index is 1440. The molecule has 3 aromatic rings. The van der Waals surface area contributed by atoms with Crippen LogP contribution in [0.2, 0.25) is 0 Å². The molecule has 0 spiro atoms. The lowest BCUT2D eigenvalue weighted by molar-refractivity contribution is -0.130. The number of H-pyrrole nitrogens is 1. The van der Waals surface area contributed by atoms with E-state index in [1.54, 1.807) is 18.7 Å². The molecule has 2 unspecified atom stereocenters. The Labute approximate surface area is 276 Å².